The number of aliphatic hydroxyl groups excluding tert-OH is 2. The summed E-state index contributed by atoms with van der Waals surface area (Å²) >= 11 is 0. The Labute approximate surface area is 96.7 Å². The molecule has 0 spiro atoms. The second kappa shape index (κ2) is 7.39. The van der Waals surface area contributed by atoms with Gasteiger partial charge in [-0.15, -0.1) is 0 Å². The molecular formula is C13H20O3. The van der Waals surface area contributed by atoms with E-state index in [0.29, 0.717) is 26.1 Å². The van der Waals surface area contributed by atoms with Gasteiger partial charge in [-0.3, -0.25) is 0 Å². The number of hydrogen-bond donors (Lipinski definition) is 2. The van der Waals surface area contributed by atoms with Crippen LogP contribution in [0, 0.1) is 0 Å². The average Bonchev–Trinajstić information content (AvgIpc) is 2.34. The molecule has 0 aliphatic carbocycles. The van der Waals surface area contributed by atoms with Crippen LogP contribution in [-0.2, 0) is 11.3 Å². The van der Waals surface area contributed by atoms with Gasteiger partial charge in [-0.2, -0.15) is 0 Å². The zero-order chi connectivity index (χ0) is 11.8. The van der Waals surface area contributed by atoms with Gasteiger partial charge >= 0.3 is 0 Å². The second-order valence-corrected chi connectivity index (χ2v) is 3.87. The third-order valence-electron chi connectivity index (χ3n) is 2.53. The fourth-order valence-corrected chi connectivity index (χ4v) is 1.43. The Morgan fingerprint density at radius 3 is 2.44 bits per heavy atom. The first-order chi connectivity index (χ1) is 7.74. The lowest BCUT2D eigenvalue weighted by atomic mass is 10.1. The van der Waals surface area contributed by atoms with E-state index in [2.05, 4.69) is 0 Å². The van der Waals surface area contributed by atoms with Gasteiger partial charge in [0.25, 0.3) is 0 Å². The zero-order valence-electron chi connectivity index (χ0n) is 9.67. The minimum atomic E-state index is -0.680. The molecule has 90 valence electrons. The standard InChI is InChI=1S/C13H20O3/c1-2-12(14)13(15)8-9-16-10-11-6-4-3-5-7-11/h3-7,12-15H,2,8-10H2,1H3/t12-,13+/m0/s1. The Bertz CT molecular complexity index is 274. The minimum Gasteiger partial charge on any atom is -0.390 e. The van der Waals surface area contributed by atoms with Crippen LogP contribution in [0.5, 0.6) is 0 Å². The summed E-state index contributed by atoms with van der Waals surface area (Å²) in [5.41, 5.74) is 1.12. The molecule has 2 N–H and O–H groups in total. The van der Waals surface area contributed by atoms with E-state index in [1.165, 1.54) is 0 Å². The van der Waals surface area contributed by atoms with Crippen molar-refractivity contribution in [2.75, 3.05) is 6.61 Å². The maximum atomic E-state index is 9.48. The Morgan fingerprint density at radius 1 is 1.12 bits per heavy atom. The van der Waals surface area contributed by atoms with Crippen molar-refractivity contribution in [3.63, 3.8) is 0 Å². The van der Waals surface area contributed by atoms with E-state index in [-0.39, 0.29) is 0 Å². The largest absolute Gasteiger partial charge is 0.390 e. The van der Waals surface area contributed by atoms with Crippen LogP contribution in [0.15, 0.2) is 30.3 Å². The maximum absolute atomic E-state index is 9.48. The minimum absolute atomic E-state index is 0.465. The Hall–Kier alpha value is -0.900. The lowest BCUT2D eigenvalue weighted by Gasteiger charge is -2.15. The fourth-order valence-electron chi connectivity index (χ4n) is 1.43. The van der Waals surface area contributed by atoms with Crippen molar-refractivity contribution < 1.29 is 14.9 Å². The molecule has 0 unspecified atom stereocenters. The van der Waals surface area contributed by atoms with E-state index in [0.717, 1.165) is 5.56 Å². The van der Waals surface area contributed by atoms with Gasteiger partial charge in [0.05, 0.1) is 18.8 Å². The molecular weight excluding hydrogens is 204 g/mol. The summed E-state index contributed by atoms with van der Waals surface area (Å²) in [6.45, 7) is 2.86. The van der Waals surface area contributed by atoms with E-state index in [4.69, 9.17) is 4.74 Å². The highest BCUT2D eigenvalue weighted by Gasteiger charge is 2.13. The van der Waals surface area contributed by atoms with Crippen LogP contribution >= 0.6 is 0 Å². The topological polar surface area (TPSA) is 49.7 Å². The molecule has 0 amide bonds. The van der Waals surface area contributed by atoms with Gasteiger partial charge in [0.1, 0.15) is 0 Å². The van der Waals surface area contributed by atoms with E-state index < -0.39 is 12.2 Å². The predicted molar refractivity (Wildman–Crippen MR) is 63.0 cm³/mol. The lowest BCUT2D eigenvalue weighted by Crippen LogP contribution is -2.26. The first-order valence-electron chi connectivity index (χ1n) is 5.71. The normalized spacial score (nSPS) is 14.7. The van der Waals surface area contributed by atoms with Crippen molar-refractivity contribution >= 4 is 0 Å². The average molecular weight is 224 g/mol. The van der Waals surface area contributed by atoms with Crippen LogP contribution in [-0.4, -0.2) is 29.0 Å². The summed E-state index contributed by atoms with van der Waals surface area (Å²) in [4.78, 5) is 0. The van der Waals surface area contributed by atoms with Crippen LogP contribution in [0.2, 0.25) is 0 Å². The summed E-state index contributed by atoms with van der Waals surface area (Å²) in [7, 11) is 0. The zero-order valence-corrected chi connectivity index (χ0v) is 9.67. The molecule has 0 saturated heterocycles. The molecule has 0 aliphatic heterocycles. The summed E-state index contributed by atoms with van der Waals surface area (Å²) in [6.07, 6.45) is -0.275. The highest BCUT2D eigenvalue weighted by Crippen LogP contribution is 2.05. The van der Waals surface area contributed by atoms with Crippen molar-refractivity contribution in [1.82, 2.24) is 0 Å². The smallest absolute Gasteiger partial charge is 0.0820 e. The van der Waals surface area contributed by atoms with Gasteiger partial charge < -0.3 is 14.9 Å². The summed E-state index contributed by atoms with van der Waals surface area (Å²) < 4.78 is 5.41. The summed E-state index contributed by atoms with van der Waals surface area (Å²) in [5.74, 6) is 0. The van der Waals surface area contributed by atoms with Crippen LogP contribution in [0.1, 0.15) is 25.3 Å². The Kier molecular flexibility index (Phi) is 6.08. The molecule has 0 aromatic heterocycles. The third kappa shape index (κ3) is 4.75. The van der Waals surface area contributed by atoms with E-state index in [1.54, 1.807) is 0 Å². The molecule has 1 aromatic rings. The predicted octanol–water partition coefficient (Wildman–Crippen LogP) is 1.73. The van der Waals surface area contributed by atoms with Crippen molar-refractivity contribution in [3.05, 3.63) is 35.9 Å². The van der Waals surface area contributed by atoms with Crippen molar-refractivity contribution in [1.29, 1.82) is 0 Å². The van der Waals surface area contributed by atoms with Gasteiger partial charge in [0, 0.05) is 6.61 Å². The van der Waals surface area contributed by atoms with Crippen LogP contribution in [0.3, 0.4) is 0 Å². The lowest BCUT2D eigenvalue weighted by molar-refractivity contribution is -0.00799. The molecule has 0 fully saturated rings. The van der Waals surface area contributed by atoms with E-state index in [9.17, 15) is 10.2 Å². The highest BCUT2D eigenvalue weighted by molar-refractivity contribution is 5.13. The molecule has 0 heterocycles. The van der Waals surface area contributed by atoms with Gasteiger partial charge in [-0.1, -0.05) is 37.3 Å². The van der Waals surface area contributed by atoms with E-state index in [1.807, 2.05) is 37.3 Å². The van der Waals surface area contributed by atoms with Crippen molar-refractivity contribution in [2.45, 2.75) is 38.6 Å². The Balaban J connectivity index is 2.13. The number of ether oxygens (including phenoxy) is 1. The summed E-state index contributed by atoms with van der Waals surface area (Å²) in [6, 6.07) is 9.89. The molecule has 0 aliphatic rings. The van der Waals surface area contributed by atoms with Gasteiger partial charge in [0.15, 0.2) is 0 Å². The number of aliphatic hydroxyl groups is 2. The number of benzene rings is 1. The first-order valence-corrected chi connectivity index (χ1v) is 5.71. The highest BCUT2D eigenvalue weighted by atomic mass is 16.5. The molecule has 0 bridgehead atoms. The van der Waals surface area contributed by atoms with Gasteiger partial charge in [-0.25, -0.2) is 0 Å². The molecule has 1 aromatic carbocycles. The molecule has 2 atom stereocenters. The van der Waals surface area contributed by atoms with Crippen LogP contribution < -0.4 is 0 Å². The molecule has 16 heavy (non-hydrogen) atoms. The second-order valence-electron chi connectivity index (χ2n) is 3.87. The SMILES string of the molecule is CC[C@H](O)[C@H](O)CCOCc1ccccc1. The first kappa shape index (κ1) is 13.2. The molecule has 0 saturated carbocycles. The number of rotatable bonds is 7. The van der Waals surface area contributed by atoms with Crippen LogP contribution in [0.4, 0.5) is 0 Å². The maximum Gasteiger partial charge on any atom is 0.0820 e. The van der Waals surface area contributed by atoms with Crippen LogP contribution in [0.25, 0.3) is 0 Å². The fraction of sp³-hybridized carbons (Fsp3) is 0.538. The summed E-state index contributed by atoms with van der Waals surface area (Å²) in [5, 5.41) is 18.8. The molecule has 0 radical (unpaired) electrons. The molecule has 3 nitrogen and oxygen atoms in total. The van der Waals surface area contributed by atoms with Gasteiger partial charge in [-0.05, 0) is 18.4 Å². The molecule has 1 rings (SSSR count). The quantitative estimate of drug-likeness (QED) is 0.693. The molecule has 3 heteroatoms. The van der Waals surface area contributed by atoms with E-state index >= 15 is 0 Å². The number of hydrogen-bond acceptors (Lipinski definition) is 3. The van der Waals surface area contributed by atoms with Gasteiger partial charge in [0.2, 0.25) is 0 Å². The van der Waals surface area contributed by atoms with Crippen molar-refractivity contribution in [3.8, 4) is 0 Å². The monoisotopic (exact) mass is 224 g/mol. The Morgan fingerprint density at radius 2 is 1.81 bits per heavy atom. The van der Waals surface area contributed by atoms with Crippen molar-refractivity contribution in [2.24, 2.45) is 0 Å². The third-order valence-corrected chi connectivity index (χ3v) is 2.53.